The Morgan fingerprint density at radius 2 is 2.35 bits per heavy atom. The van der Waals surface area contributed by atoms with Crippen molar-refractivity contribution in [3.63, 3.8) is 0 Å². The summed E-state index contributed by atoms with van der Waals surface area (Å²) in [5, 5.41) is -0.00386. The van der Waals surface area contributed by atoms with Crippen LogP contribution in [0.4, 0.5) is 10.1 Å². The van der Waals surface area contributed by atoms with Gasteiger partial charge in [0.05, 0.1) is 22.8 Å². The SMILES string of the molecule is CC1OCCC1S(=O)Cc1cccc(N)c1F. The summed E-state index contributed by atoms with van der Waals surface area (Å²) in [5.41, 5.74) is 6.00. The lowest BCUT2D eigenvalue weighted by atomic mass is 10.2. The number of nitrogen functional groups attached to an aromatic ring is 1. The van der Waals surface area contributed by atoms with E-state index in [1.54, 1.807) is 12.1 Å². The van der Waals surface area contributed by atoms with Gasteiger partial charge in [0.1, 0.15) is 5.82 Å². The molecule has 0 radical (unpaired) electrons. The summed E-state index contributed by atoms with van der Waals surface area (Å²) >= 11 is 0. The van der Waals surface area contributed by atoms with Crippen molar-refractivity contribution < 1.29 is 13.3 Å². The lowest BCUT2D eigenvalue weighted by molar-refractivity contribution is 0.127. The minimum absolute atomic E-state index is 0.00386. The van der Waals surface area contributed by atoms with Crippen LogP contribution in [0.1, 0.15) is 18.9 Å². The van der Waals surface area contributed by atoms with E-state index in [-0.39, 0.29) is 22.8 Å². The maximum atomic E-state index is 13.7. The van der Waals surface area contributed by atoms with Gasteiger partial charge in [0.15, 0.2) is 0 Å². The van der Waals surface area contributed by atoms with Crippen molar-refractivity contribution in [3.05, 3.63) is 29.6 Å². The average Bonchev–Trinajstić information content (AvgIpc) is 2.71. The van der Waals surface area contributed by atoms with Gasteiger partial charge in [-0.1, -0.05) is 12.1 Å². The molecule has 5 heteroatoms. The summed E-state index contributed by atoms with van der Waals surface area (Å²) < 4.78 is 31.1. The van der Waals surface area contributed by atoms with Crippen LogP contribution in [0.3, 0.4) is 0 Å². The number of rotatable bonds is 3. The molecule has 1 fully saturated rings. The van der Waals surface area contributed by atoms with Crippen molar-refractivity contribution in [2.75, 3.05) is 12.3 Å². The Balaban J connectivity index is 2.10. The topological polar surface area (TPSA) is 52.3 Å². The zero-order valence-electron chi connectivity index (χ0n) is 9.69. The zero-order valence-corrected chi connectivity index (χ0v) is 10.5. The lowest BCUT2D eigenvalue weighted by Crippen LogP contribution is -2.24. The standard InChI is InChI=1S/C12H16FNO2S/c1-8-11(5-6-16-8)17(15)7-9-3-2-4-10(14)12(9)13/h2-4,8,11H,5-7,14H2,1H3. The van der Waals surface area contributed by atoms with Gasteiger partial charge in [-0.25, -0.2) is 4.39 Å². The molecule has 0 spiro atoms. The molecule has 0 aliphatic carbocycles. The molecule has 1 aromatic rings. The van der Waals surface area contributed by atoms with Crippen LogP contribution in [0.15, 0.2) is 18.2 Å². The molecule has 3 unspecified atom stereocenters. The van der Waals surface area contributed by atoms with Gasteiger partial charge in [0.2, 0.25) is 0 Å². The number of halogens is 1. The third-order valence-corrected chi connectivity index (χ3v) is 4.94. The number of hydrogen-bond donors (Lipinski definition) is 1. The zero-order chi connectivity index (χ0) is 12.4. The third-order valence-electron chi connectivity index (χ3n) is 3.05. The molecule has 1 aliphatic heterocycles. The highest BCUT2D eigenvalue weighted by molar-refractivity contribution is 7.84. The Kier molecular flexibility index (Phi) is 3.79. The highest BCUT2D eigenvalue weighted by atomic mass is 32.2. The van der Waals surface area contributed by atoms with Crippen LogP contribution in [0.25, 0.3) is 0 Å². The number of nitrogens with two attached hydrogens (primary N) is 1. The van der Waals surface area contributed by atoms with Gasteiger partial charge in [-0.2, -0.15) is 0 Å². The van der Waals surface area contributed by atoms with Crippen molar-refractivity contribution in [1.29, 1.82) is 0 Å². The first-order valence-corrected chi connectivity index (χ1v) is 6.99. The summed E-state index contributed by atoms with van der Waals surface area (Å²) in [7, 11) is -1.12. The summed E-state index contributed by atoms with van der Waals surface area (Å²) in [6.45, 7) is 2.54. The summed E-state index contributed by atoms with van der Waals surface area (Å²) in [6, 6.07) is 4.81. The predicted octanol–water partition coefficient (Wildman–Crippen LogP) is 1.83. The predicted molar refractivity (Wildman–Crippen MR) is 66.5 cm³/mol. The number of anilines is 1. The molecule has 0 amide bonds. The van der Waals surface area contributed by atoms with Gasteiger partial charge in [0.25, 0.3) is 0 Å². The van der Waals surface area contributed by atoms with Crippen molar-refractivity contribution in [2.45, 2.75) is 30.5 Å². The molecular weight excluding hydrogens is 241 g/mol. The van der Waals surface area contributed by atoms with Gasteiger partial charge in [-0.15, -0.1) is 0 Å². The van der Waals surface area contributed by atoms with Crippen molar-refractivity contribution in [2.24, 2.45) is 0 Å². The first-order valence-electron chi connectivity index (χ1n) is 5.61. The molecule has 2 rings (SSSR count). The number of hydrogen-bond acceptors (Lipinski definition) is 3. The van der Waals surface area contributed by atoms with Gasteiger partial charge in [-0.05, 0) is 19.4 Å². The molecule has 94 valence electrons. The van der Waals surface area contributed by atoms with Gasteiger partial charge < -0.3 is 10.5 Å². The summed E-state index contributed by atoms with van der Waals surface area (Å²) in [5.74, 6) is -0.248. The van der Waals surface area contributed by atoms with Gasteiger partial charge >= 0.3 is 0 Å². The highest BCUT2D eigenvalue weighted by Gasteiger charge is 2.29. The van der Waals surface area contributed by atoms with E-state index in [2.05, 4.69) is 0 Å². The van der Waals surface area contributed by atoms with Crippen molar-refractivity contribution in [1.82, 2.24) is 0 Å². The fraction of sp³-hybridized carbons (Fsp3) is 0.500. The second-order valence-corrected chi connectivity index (χ2v) is 5.90. The van der Waals surface area contributed by atoms with Crippen LogP contribution in [0, 0.1) is 5.82 Å². The second-order valence-electron chi connectivity index (χ2n) is 4.25. The molecule has 1 heterocycles. The van der Waals surface area contributed by atoms with E-state index in [1.807, 2.05) is 6.92 Å². The second kappa shape index (κ2) is 5.14. The molecule has 0 bridgehead atoms. The maximum absolute atomic E-state index is 13.7. The third kappa shape index (κ3) is 2.66. The van der Waals surface area contributed by atoms with E-state index in [4.69, 9.17) is 10.5 Å². The van der Waals surface area contributed by atoms with Crippen molar-refractivity contribution >= 4 is 16.5 Å². The minimum Gasteiger partial charge on any atom is -0.396 e. The van der Waals surface area contributed by atoms with Crippen LogP contribution in [0.5, 0.6) is 0 Å². The first-order chi connectivity index (χ1) is 8.09. The fourth-order valence-electron chi connectivity index (χ4n) is 2.03. The summed E-state index contributed by atoms with van der Waals surface area (Å²) in [4.78, 5) is 0. The Bertz CT molecular complexity index is 439. The number of ether oxygens (including phenoxy) is 1. The van der Waals surface area contributed by atoms with Gasteiger partial charge in [0, 0.05) is 23.0 Å². The van der Waals surface area contributed by atoms with Gasteiger partial charge in [-0.3, -0.25) is 4.21 Å². The van der Waals surface area contributed by atoms with E-state index >= 15 is 0 Å². The van der Waals surface area contributed by atoms with Crippen LogP contribution in [-0.2, 0) is 21.3 Å². The lowest BCUT2D eigenvalue weighted by Gasteiger charge is -2.14. The molecule has 1 saturated heterocycles. The molecular formula is C12H16FNO2S. The summed E-state index contributed by atoms with van der Waals surface area (Å²) in [6.07, 6.45) is 0.762. The molecule has 0 aromatic heterocycles. The quantitative estimate of drug-likeness (QED) is 0.841. The Morgan fingerprint density at radius 1 is 1.59 bits per heavy atom. The Hall–Kier alpha value is -0.940. The Labute approximate surface area is 103 Å². The van der Waals surface area contributed by atoms with Crippen LogP contribution in [-0.4, -0.2) is 22.2 Å². The van der Waals surface area contributed by atoms with E-state index in [1.165, 1.54) is 6.07 Å². The van der Waals surface area contributed by atoms with E-state index < -0.39 is 16.6 Å². The largest absolute Gasteiger partial charge is 0.396 e. The van der Waals surface area contributed by atoms with E-state index in [9.17, 15) is 8.60 Å². The Morgan fingerprint density at radius 3 is 3.00 bits per heavy atom. The van der Waals surface area contributed by atoms with Crippen molar-refractivity contribution in [3.8, 4) is 0 Å². The van der Waals surface area contributed by atoms with Crippen LogP contribution in [0.2, 0.25) is 0 Å². The first kappa shape index (κ1) is 12.5. The maximum Gasteiger partial charge on any atom is 0.150 e. The molecule has 3 nitrogen and oxygen atoms in total. The highest BCUT2D eigenvalue weighted by Crippen LogP contribution is 2.23. The molecule has 1 aromatic carbocycles. The average molecular weight is 257 g/mol. The van der Waals surface area contributed by atoms with E-state index in [0.717, 1.165) is 6.42 Å². The molecule has 2 N–H and O–H groups in total. The smallest absolute Gasteiger partial charge is 0.150 e. The van der Waals surface area contributed by atoms with Crippen LogP contribution >= 0.6 is 0 Å². The fourth-order valence-corrected chi connectivity index (χ4v) is 3.64. The van der Waals surface area contributed by atoms with Crippen LogP contribution < -0.4 is 5.73 Å². The number of benzene rings is 1. The molecule has 17 heavy (non-hydrogen) atoms. The molecule has 1 aliphatic rings. The molecule has 3 atom stereocenters. The monoisotopic (exact) mass is 257 g/mol. The van der Waals surface area contributed by atoms with E-state index in [0.29, 0.717) is 12.2 Å². The minimum atomic E-state index is -1.12. The normalized spacial score (nSPS) is 26.0. The molecule has 0 saturated carbocycles.